The molecule has 0 saturated carbocycles. The first-order valence-corrected chi connectivity index (χ1v) is 12.3. The zero-order chi connectivity index (χ0) is 22.5. The Balaban J connectivity index is 1.31. The highest BCUT2D eigenvalue weighted by Crippen LogP contribution is 2.27. The highest BCUT2D eigenvalue weighted by molar-refractivity contribution is 5.79. The van der Waals surface area contributed by atoms with E-state index in [-0.39, 0.29) is 11.8 Å². The minimum atomic E-state index is 0.00253. The number of amides is 1. The van der Waals surface area contributed by atoms with Gasteiger partial charge in [-0.25, -0.2) is 9.97 Å². The summed E-state index contributed by atoms with van der Waals surface area (Å²) in [5.41, 5.74) is 4.63. The topological polar surface area (TPSA) is 61.4 Å². The summed E-state index contributed by atoms with van der Waals surface area (Å²) in [6.45, 7) is 11.3. The third-order valence-corrected chi connectivity index (χ3v) is 7.11. The van der Waals surface area contributed by atoms with E-state index in [9.17, 15) is 4.79 Å². The Morgan fingerprint density at radius 3 is 2.53 bits per heavy atom. The fourth-order valence-corrected chi connectivity index (χ4v) is 4.83. The maximum atomic E-state index is 12.8. The van der Waals surface area contributed by atoms with E-state index in [4.69, 9.17) is 4.98 Å². The SMILES string of the molecule is CCN(CC)c1ccc(CNC(=O)C2CCc3nc(N4CCC(C)CC4)ncc3C2)cc1. The number of benzene rings is 1. The van der Waals surface area contributed by atoms with Crippen LogP contribution in [0.5, 0.6) is 0 Å². The van der Waals surface area contributed by atoms with Crippen LogP contribution in [0.2, 0.25) is 0 Å². The fraction of sp³-hybridized carbons (Fsp3) is 0.577. The number of fused-ring (bicyclic) bond motifs is 1. The molecule has 1 atom stereocenters. The molecular weight excluding hydrogens is 398 g/mol. The number of rotatable bonds is 7. The van der Waals surface area contributed by atoms with Gasteiger partial charge in [-0.1, -0.05) is 19.1 Å². The Labute approximate surface area is 192 Å². The molecular formula is C26H37N5O. The molecule has 1 amide bonds. The van der Waals surface area contributed by atoms with E-state index in [1.807, 2.05) is 6.20 Å². The monoisotopic (exact) mass is 435 g/mol. The second-order valence-electron chi connectivity index (χ2n) is 9.31. The summed E-state index contributed by atoms with van der Waals surface area (Å²) in [5.74, 6) is 1.80. The van der Waals surface area contributed by atoms with Crippen LogP contribution in [0.25, 0.3) is 0 Å². The van der Waals surface area contributed by atoms with E-state index in [0.717, 1.165) is 74.1 Å². The van der Waals surface area contributed by atoms with Gasteiger partial charge in [-0.15, -0.1) is 0 Å². The quantitative estimate of drug-likeness (QED) is 0.713. The number of nitrogens with zero attached hydrogens (tertiary/aromatic N) is 4. The van der Waals surface area contributed by atoms with Gasteiger partial charge in [0.2, 0.25) is 11.9 Å². The van der Waals surface area contributed by atoms with Crippen molar-refractivity contribution in [3.8, 4) is 0 Å². The number of carbonyl (C=O) groups is 1. The lowest BCUT2D eigenvalue weighted by Gasteiger charge is -2.31. The highest BCUT2D eigenvalue weighted by Gasteiger charge is 2.27. The van der Waals surface area contributed by atoms with Crippen LogP contribution in [-0.4, -0.2) is 42.1 Å². The van der Waals surface area contributed by atoms with Gasteiger partial charge < -0.3 is 15.1 Å². The van der Waals surface area contributed by atoms with Crippen molar-refractivity contribution in [1.29, 1.82) is 0 Å². The van der Waals surface area contributed by atoms with Crippen molar-refractivity contribution in [2.75, 3.05) is 36.0 Å². The van der Waals surface area contributed by atoms with E-state index in [2.05, 4.69) is 65.1 Å². The molecule has 32 heavy (non-hydrogen) atoms. The Bertz CT molecular complexity index is 901. The molecule has 2 aromatic rings. The van der Waals surface area contributed by atoms with Crippen molar-refractivity contribution in [3.05, 3.63) is 47.3 Å². The van der Waals surface area contributed by atoms with Crippen molar-refractivity contribution in [1.82, 2.24) is 15.3 Å². The molecule has 1 saturated heterocycles. The molecule has 4 rings (SSSR count). The van der Waals surface area contributed by atoms with Gasteiger partial charge in [0.15, 0.2) is 0 Å². The molecule has 1 fully saturated rings. The summed E-state index contributed by atoms with van der Waals surface area (Å²) in [7, 11) is 0. The summed E-state index contributed by atoms with van der Waals surface area (Å²) in [6, 6.07) is 8.51. The van der Waals surface area contributed by atoms with E-state index in [1.54, 1.807) is 0 Å². The molecule has 1 aliphatic carbocycles. The molecule has 2 heterocycles. The molecule has 0 radical (unpaired) electrons. The number of hydrogen-bond donors (Lipinski definition) is 1. The van der Waals surface area contributed by atoms with Crippen LogP contribution < -0.4 is 15.1 Å². The van der Waals surface area contributed by atoms with E-state index in [0.29, 0.717) is 6.54 Å². The lowest BCUT2D eigenvalue weighted by molar-refractivity contribution is -0.125. The molecule has 6 nitrogen and oxygen atoms in total. The molecule has 6 heteroatoms. The lowest BCUT2D eigenvalue weighted by Crippen LogP contribution is -2.36. The molecule has 0 spiro atoms. The average molecular weight is 436 g/mol. The van der Waals surface area contributed by atoms with E-state index in [1.165, 1.54) is 18.5 Å². The number of aromatic nitrogens is 2. The molecule has 1 aromatic heterocycles. The number of nitrogens with one attached hydrogen (secondary N) is 1. The molecule has 0 bridgehead atoms. The largest absolute Gasteiger partial charge is 0.372 e. The van der Waals surface area contributed by atoms with Gasteiger partial charge in [0.1, 0.15) is 0 Å². The Kier molecular flexibility index (Phi) is 7.28. The zero-order valence-electron chi connectivity index (χ0n) is 19.8. The minimum Gasteiger partial charge on any atom is -0.372 e. The van der Waals surface area contributed by atoms with Crippen LogP contribution in [0, 0.1) is 11.8 Å². The van der Waals surface area contributed by atoms with Gasteiger partial charge in [0.25, 0.3) is 0 Å². The van der Waals surface area contributed by atoms with Gasteiger partial charge in [-0.3, -0.25) is 4.79 Å². The van der Waals surface area contributed by atoms with Gasteiger partial charge in [0, 0.05) is 56.2 Å². The summed E-state index contributed by atoms with van der Waals surface area (Å²) in [5, 5.41) is 3.14. The smallest absolute Gasteiger partial charge is 0.225 e. The van der Waals surface area contributed by atoms with Gasteiger partial charge in [-0.05, 0) is 75.1 Å². The van der Waals surface area contributed by atoms with Crippen LogP contribution in [0.3, 0.4) is 0 Å². The maximum Gasteiger partial charge on any atom is 0.225 e. The zero-order valence-corrected chi connectivity index (χ0v) is 19.8. The molecule has 1 unspecified atom stereocenters. The molecule has 1 N–H and O–H groups in total. The predicted molar refractivity (Wildman–Crippen MR) is 130 cm³/mol. The summed E-state index contributed by atoms with van der Waals surface area (Å²) >= 11 is 0. The van der Waals surface area contributed by atoms with Gasteiger partial charge in [0.05, 0.1) is 0 Å². The van der Waals surface area contributed by atoms with Crippen LogP contribution in [-0.2, 0) is 24.2 Å². The first kappa shape index (κ1) is 22.6. The first-order valence-electron chi connectivity index (χ1n) is 12.3. The van der Waals surface area contributed by atoms with Crippen LogP contribution in [0.1, 0.15) is 56.9 Å². The Morgan fingerprint density at radius 2 is 1.84 bits per heavy atom. The van der Waals surface area contributed by atoms with Crippen LogP contribution >= 0.6 is 0 Å². The van der Waals surface area contributed by atoms with E-state index < -0.39 is 0 Å². The molecule has 172 valence electrons. The number of anilines is 2. The molecule has 1 aliphatic heterocycles. The maximum absolute atomic E-state index is 12.8. The van der Waals surface area contributed by atoms with Crippen LogP contribution in [0.4, 0.5) is 11.6 Å². The Hall–Kier alpha value is -2.63. The first-order chi connectivity index (χ1) is 15.6. The highest BCUT2D eigenvalue weighted by atomic mass is 16.1. The van der Waals surface area contributed by atoms with Crippen molar-refractivity contribution in [2.24, 2.45) is 11.8 Å². The van der Waals surface area contributed by atoms with E-state index >= 15 is 0 Å². The lowest BCUT2D eigenvalue weighted by atomic mass is 9.86. The standard InChI is InChI=1S/C26H37N5O/c1-4-30(5-2)23-9-6-20(7-10-23)17-27-25(32)21-8-11-24-22(16-21)18-28-26(29-24)31-14-12-19(3)13-15-31/h6-7,9-10,18-19,21H,4-5,8,11-17H2,1-3H3,(H,27,32). The summed E-state index contributed by atoms with van der Waals surface area (Å²) in [6.07, 6.45) is 6.82. The summed E-state index contributed by atoms with van der Waals surface area (Å²) < 4.78 is 0. The fourth-order valence-electron chi connectivity index (χ4n) is 4.83. The number of aryl methyl sites for hydroxylation is 1. The van der Waals surface area contributed by atoms with Crippen LogP contribution in [0.15, 0.2) is 30.5 Å². The average Bonchev–Trinajstić information content (AvgIpc) is 2.84. The van der Waals surface area contributed by atoms with Crippen molar-refractivity contribution in [2.45, 2.75) is 59.4 Å². The minimum absolute atomic E-state index is 0.00253. The predicted octanol–water partition coefficient (Wildman–Crippen LogP) is 3.98. The third kappa shape index (κ3) is 5.22. The number of carbonyl (C=O) groups excluding carboxylic acids is 1. The second-order valence-corrected chi connectivity index (χ2v) is 9.31. The van der Waals surface area contributed by atoms with Gasteiger partial charge >= 0.3 is 0 Å². The van der Waals surface area contributed by atoms with Crippen molar-refractivity contribution >= 4 is 17.5 Å². The number of hydrogen-bond acceptors (Lipinski definition) is 5. The number of piperidine rings is 1. The van der Waals surface area contributed by atoms with Gasteiger partial charge in [-0.2, -0.15) is 0 Å². The normalized spacial score (nSPS) is 18.8. The molecule has 2 aliphatic rings. The summed E-state index contributed by atoms with van der Waals surface area (Å²) in [4.78, 5) is 27.0. The van der Waals surface area contributed by atoms with Crippen molar-refractivity contribution < 1.29 is 4.79 Å². The third-order valence-electron chi connectivity index (χ3n) is 7.11. The second kappa shape index (κ2) is 10.3. The molecule has 1 aromatic carbocycles. The Morgan fingerprint density at radius 1 is 1.12 bits per heavy atom. The van der Waals surface area contributed by atoms with Crippen molar-refractivity contribution in [3.63, 3.8) is 0 Å².